The second-order valence-corrected chi connectivity index (χ2v) is 4.58. The van der Waals surface area contributed by atoms with Crippen molar-refractivity contribution in [2.75, 3.05) is 0 Å². The van der Waals surface area contributed by atoms with Crippen LogP contribution in [0.4, 0.5) is 13.2 Å². The summed E-state index contributed by atoms with van der Waals surface area (Å²) in [7, 11) is 0. The van der Waals surface area contributed by atoms with E-state index in [4.69, 9.17) is 4.42 Å². The third-order valence-corrected chi connectivity index (χ3v) is 3.14. The smallest absolute Gasteiger partial charge is 0.371 e. The summed E-state index contributed by atoms with van der Waals surface area (Å²) in [5, 5.41) is 0.583. The minimum absolute atomic E-state index is 0.149. The van der Waals surface area contributed by atoms with Crippen molar-refractivity contribution in [3.8, 4) is 5.69 Å². The van der Waals surface area contributed by atoms with E-state index in [1.165, 1.54) is 6.20 Å². The summed E-state index contributed by atoms with van der Waals surface area (Å²) < 4.78 is 45.6. The maximum absolute atomic E-state index is 13.3. The molecule has 0 aliphatic heterocycles. The normalized spacial score (nSPS) is 11.0. The highest BCUT2D eigenvalue weighted by molar-refractivity contribution is 5.77. The summed E-state index contributed by atoms with van der Waals surface area (Å²) in [6, 6.07) is 6.69. The Morgan fingerprint density at radius 3 is 2.43 bits per heavy atom. The van der Waals surface area contributed by atoms with Gasteiger partial charge in [-0.3, -0.25) is 0 Å². The van der Waals surface area contributed by atoms with E-state index in [1.54, 1.807) is 25.1 Å². The van der Waals surface area contributed by atoms with Crippen LogP contribution < -0.4 is 10.3 Å². The number of aromatic nitrogens is 1. The number of halogens is 3. The Morgan fingerprint density at radius 1 is 1.10 bits per heavy atom. The molecule has 3 nitrogen and oxygen atoms in total. The Balaban J connectivity index is 2.31. The zero-order valence-corrected chi connectivity index (χ0v) is 10.9. The van der Waals surface area contributed by atoms with Crippen molar-refractivity contribution in [1.82, 2.24) is 0 Å². The van der Waals surface area contributed by atoms with E-state index in [2.05, 4.69) is 0 Å². The van der Waals surface area contributed by atoms with Gasteiger partial charge in [-0.2, -0.15) is 4.79 Å². The molecule has 0 saturated carbocycles. The monoisotopic (exact) mass is 292 g/mol. The quantitative estimate of drug-likeness (QED) is 0.510. The number of nitrogens with zero attached hydrogens (tertiary/aromatic N) is 1. The van der Waals surface area contributed by atoms with Gasteiger partial charge >= 0.3 is 5.76 Å². The summed E-state index contributed by atoms with van der Waals surface area (Å²) in [6.45, 7) is 1.77. The van der Waals surface area contributed by atoms with Gasteiger partial charge in [-0.05, 0) is 18.6 Å². The van der Waals surface area contributed by atoms with E-state index < -0.39 is 23.2 Å². The van der Waals surface area contributed by atoms with Gasteiger partial charge in [0.1, 0.15) is 0 Å². The molecule has 0 aliphatic carbocycles. The Kier molecular flexibility index (Phi) is 3.01. The number of hydrogen-bond acceptors (Lipinski definition) is 2. The molecule has 0 radical (unpaired) electrons. The average Bonchev–Trinajstić information content (AvgIpc) is 2.45. The van der Waals surface area contributed by atoms with Crippen molar-refractivity contribution >= 4 is 11.0 Å². The van der Waals surface area contributed by atoms with Crippen molar-refractivity contribution in [3.63, 3.8) is 0 Å². The van der Waals surface area contributed by atoms with Gasteiger partial charge in [0.15, 0.2) is 29.2 Å². The molecule has 0 fully saturated rings. The molecule has 3 aromatic rings. The molecule has 0 aliphatic rings. The lowest BCUT2D eigenvalue weighted by atomic mass is 10.2. The van der Waals surface area contributed by atoms with Crippen molar-refractivity contribution in [2.24, 2.45) is 0 Å². The van der Waals surface area contributed by atoms with E-state index in [-0.39, 0.29) is 5.69 Å². The Hall–Kier alpha value is -2.63. The van der Waals surface area contributed by atoms with E-state index in [9.17, 15) is 18.0 Å². The number of para-hydroxylation sites is 1. The molecule has 106 valence electrons. The molecular weight excluding hydrogens is 283 g/mol. The fourth-order valence-electron chi connectivity index (χ4n) is 2.11. The standard InChI is InChI=1S/C15H9F3NO2/c1-8-3-2-4-9-7-19(15(20)21-14(8)9)10-5-11(16)13(18)12(17)6-10/h2-7H,1H3/q+1. The SMILES string of the molecule is Cc1cccc2c[n+](-c3cc(F)c(F)c(F)c3)c(=O)oc12. The Bertz CT molecular complexity index is 895. The Labute approximate surface area is 116 Å². The first-order valence-corrected chi connectivity index (χ1v) is 6.07. The second-order valence-electron chi connectivity index (χ2n) is 4.58. The van der Waals surface area contributed by atoms with Gasteiger partial charge in [-0.1, -0.05) is 16.7 Å². The molecule has 2 aromatic carbocycles. The molecule has 0 spiro atoms. The van der Waals surface area contributed by atoms with Crippen LogP contribution in [-0.4, -0.2) is 0 Å². The first kappa shape index (κ1) is 13.4. The molecule has 0 bridgehead atoms. The van der Waals surface area contributed by atoms with Gasteiger partial charge in [0.25, 0.3) is 0 Å². The first-order chi connectivity index (χ1) is 9.97. The lowest BCUT2D eigenvalue weighted by Gasteiger charge is -2.00. The number of rotatable bonds is 1. The van der Waals surface area contributed by atoms with Crippen LogP contribution in [0.1, 0.15) is 5.56 Å². The molecule has 6 heteroatoms. The lowest BCUT2D eigenvalue weighted by Crippen LogP contribution is -2.46. The molecule has 1 aromatic heterocycles. The van der Waals surface area contributed by atoms with Crippen LogP contribution in [0.3, 0.4) is 0 Å². The van der Waals surface area contributed by atoms with E-state index in [0.29, 0.717) is 11.0 Å². The predicted octanol–water partition coefficient (Wildman–Crippen LogP) is 2.80. The highest BCUT2D eigenvalue weighted by Gasteiger charge is 2.21. The third-order valence-electron chi connectivity index (χ3n) is 3.14. The van der Waals surface area contributed by atoms with Crippen molar-refractivity contribution in [2.45, 2.75) is 6.92 Å². The first-order valence-electron chi connectivity index (χ1n) is 6.07. The largest absolute Gasteiger partial charge is 0.608 e. The highest BCUT2D eigenvalue weighted by Crippen LogP contribution is 2.16. The molecular formula is C15H9F3NO2+. The molecule has 21 heavy (non-hydrogen) atoms. The fourth-order valence-corrected chi connectivity index (χ4v) is 2.11. The summed E-state index contributed by atoms with van der Waals surface area (Å²) >= 11 is 0. The molecule has 0 atom stereocenters. The van der Waals surface area contributed by atoms with E-state index in [0.717, 1.165) is 22.3 Å². The minimum atomic E-state index is -1.58. The summed E-state index contributed by atoms with van der Waals surface area (Å²) in [5.74, 6) is -5.15. The molecule has 0 unspecified atom stereocenters. The molecule has 3 rings (SSSR count). The predicted molar refractivity (Wildman–Crippen MR) is 68.6 cm³/mol. The summed E-state index contributed by atoms with van der Waals surface area (Å²) in [4.78, 5) is 12.0. The van der Waals surface area contributed by atoms with Crippen molar-refractivity contribution < 1.29 is 22.2 Å². The summed E-state index contributed by atoms with van der Waals surface area (Å²) in [5.41, 5.74) is 0.999. The van der Waals surface area contributed by atoms with Gasteiger partial charge in [-0.25, -0.2) is 13.2 Å². The zero-order chi connectivity index (χ0) is 15.1. The molecule has 1 heterocycles. The minimum Gasteiger partial charge on any atom is -0.371 e. The fraction of sp³-hybridized carbons (Fsp3) is 0.0667. The van der Waals surface area contributed by atoms with E-state index >= 15 is 0 Å². The van der Waals surface area contributed by atoms with Gasteiger partial charge in [0.05, 0.1) is 5.39 Å². The number of aryl methyl sites for hydroxylation is 1. The van der Waals surface area contributed by atoms with Crippen LogP contribution in [0.2, 0.25) is 0 Å². The molecule has 0 amide bonds. The van der Waals surface area contributed by atoms with Gasteiger partial charge in [0, 0.05) is 12.1 Å². The zero-order valence-electron chi connectivity index (χ0n) is 10.9. The van der Waals surface area contributed by atoms with Crippen LogP contribution >= 0.6 is 0 Å². The van der Waals surface area contributed by atoms with Crippen LogP contribution in [0.5, 0.6) is 0 Å². The van der Waals surface area contributed by atoms with Gasteiger partial charge in [-0.15, -0.1) is 0 Å². The van der Waals surface area contributed by atoms with E-state index in [1.807, 2.05) is 0 Å². The third kappa shape index (κ3) is 2.18. The van der Waals surface area contributed by atoms with Crippen molar-refractivity contribution in [1.29, 1.82) is 0 Å². The van der Waals surface area contributed by atoms with Crippen molar-refractivity contribution in [3.05, 3.63) is 70.1 Å². The topological polar surface area (TPSA) is 34.1 Å². The number of hydrogen-bond donors (Lipinski definition) is 0. The van der Waals surface area contributed by atoms with Crippen LogP contribution in [-0.2, 0) is 0 Å². The van der Waals surface area contributed by atoms with Gasteiger partial charge < -0.3 is 4.42 Å². The average molecular weight is 292 g/mol. The van der Waals surface area contributed by atoms with Crippen LogP contribution in [0, 0.1) is 24.4 Å². The summed E-state index contributed by atoms with van der Waals surface area (Å²) in [6.07, 6.45) is 1.39. The number of benzene rings is 2. The lowest BCUT2D eigenvalue weighted by molar-refractivity contribution is -0.623. The maximum atomic E-state index is 13.3. The van der Waals surface area contributed by atoms with Crippen LogP contribution in [0.25, 0.3) is 16.7 Å². The van der Waals surface area contributed by atoms with Crippen LogP contribution in [0.15, 0.2) is 45.7 Å². The maximum Gasteiger partial charge on any atom is 0.608 e. The Morgan fingerprint density at radius 2 is 1.76 bits per heavy atom. The second kappa shape index (κ2) is 4.73. The highest BCUT2D eigenvalue weighted by atomic mass is 19.2. The molecule has 0 saturated heterocycles. The van der Waals surface area contributed by atoms with Gasteiger partial charge in [0.2, 0.25) is 5.69 Å². The molecule has 0 N–H and O–H groups in total. The number of fused-ring (bicyclic) bond motifs is 1.